The summed E-state index contributed by atoms with van der Waals surface area (Å²) in [6, 6.07) is 7.09. The maximum atomic E-state index is 11.8. The number of fused-ring (bicyclic) bond motifs is 1. The Morgan fingerprint density at radius 3 is 2.93 bits per heavy atom. The van der Waals surface area contributed by atoms with E-state index in [0.717, 1.165) is 11.3 Å². The second-order valence-electron chi connectivity index (χ2n) is 3.52. The molecule has 1 unspecified atom stereocenters. The van der Waals surface area contributed by atoms with Gasteiger partial charge in [0.05, 0.1) is 6.61 Å². The highest BCUT2D eigenvalue weighted by Crippen LogP contribution is 2.33. The van der Waals surface area contributed by atoms with Gasteiger partial charge in [0, 0.05) is 24.9 Å². The zero-order valence-electron chi connectivity index (χ0n) is 8.64. The molecule has 1 aliphatic heterocycles. The highest BCUT2D eigenvalue weighted by molar-refractivity contribution is 6.04. The van der Waals surface area contributed by atoms with Gasteiger partial charge in [-0.05, 0) is 6.07 Å². The van der Waals surface area contributed by atoms with Crippen molar-refractivity contribution >= 4 is 11.6 Å². The molecule has 0 spiro atoms. The molecule has 80 valence electrons. The van der Waals surface area contributed by atoms with Crippen LogP contribution in [-0.2, 0) is 9.53 Å². The van der Waals surface area contributed by atoms with E-state index >= 15 is 0 Å². The number of nitrogens with two attached hydrogens (primary N) is 1. The Morgan fingerprint density at radius 2 is 2.20 bits per heavy atom. The third-order valence-electron chi connectivity index (χ3n) is 2.61. The van der Waals surface area contributed by atoms with Gasteiger partial charge in [-0.2, -0.15) is 0 Å². The van der Waals surface area contributed by atoms with Crippen molar-refractivity contribution < 1.29 is 9.53 Å². The number of nitrogens with zero attached hydrogens (tertiary/aromatic N) is 1. The number of hydrogen-bond acceptors (Lipinski definition) is 3. The SMILES string of the molecule is COCCN1C(=O)C(N)c2ccccc21. The lowest BCUT2D eigenvalue weighted by Crippen LogP contribution is -2.34. The number of methoxy groups -OCH3 is 1. The fourth-order valence-corrected chi connectivity index (χ4v) is 1.83. The summed E-state index contributed by atoms with van der Waals surface area (Å²) in [6.45, 7) is 1.08. The van der Waals surface area contributed by atoms with Gasteiger partial charge in [-0.1, -0.05) is 18.2 Å². The molecule has 1 amide bonds. The summed E-state index contributed by atoms with van der Waals surface area (Å²) in [5, 5.41) is 0. The summed E-state index contributed by atoms with van der Waals surface area (Å²) in [7, 11) is 1.62. The molecular formula is C11H14N2O2. The van der Waals surface area contributed by atoms with E-state index in [2.05, 4.69) is 0 Å². The van der Waals surface area contributed by atoms with Gasteiger partial charge in [0.15, 0.2) is 0 Å². The number of para-hydroxylation sites is 1. The largest absolute Gasteiger partial charge is 0.383 e. The second kappa shape index (κ2) is 4.00. The lowest BCUT2D eigenvalue weighted by molar-refractivity contribution is -0.119. The molecule has 2 N–H and O–H groups in total. The van der Waals surface area contributed by atoms with E-state index in [0.29, 0.717) is 13.2 Å². The van der Waals surface area contributed by atoms with Crippen LogP contribution in [0, 0.1) is 0 Å². The second-order valence-corrected chi connectivity index (χ2v) is 3.52. The quantitative estimate of drug-likeness (QED) is 0.791. The van der Waals surface area contributed by atoms with Crippen molar-refractivity contribution in [3.63, 3.8) is 0 Å². The van der Waals surface area contributed by atoms with Crippen molar-refractivity contribution in [2.24, 2.45) is 5.73 Å². The smallest absolute Gasteiger partial charge is 0.248 e. The lowest BCUT2D eigenvalue weighted by atomic mass is 10.1. The Kier molecular flexibility index (Phi) is 2.70. The molecule has 0 saturated heterocycles. The van der Waals surface area contributed by atoms with Crippen LogP contribution < -0.4 is 10.6 Å². The Balaban J connectivity index is 2.30. The van der Waals surface area contributed by atoms with Crippen molar-refractivity contribution in [3.05, 3.63) is 29.8 Å². The molecule has 0 aliphatic carbocycles. The van der Waals surface area contributed by atoms with Gasteiger partial charge in [-0.15, -0.1) is 0 Å². The molecule has 1 atom stereocenters. The highest BCUT2D eigenvalue weighted by atomic mass is 16.5. The van der Waals surface area contributed by atoms with E-state index in [9.17, 15) is 4.79 Å². The molecule has 0 saturated carbocycles. The van der Waals surface area contributed by atoms with Crippen molar-refractivity contribution in [3.8, 4) is 0 Å². The molecule has 4 heteroatoms. The Morgan fingerprint density at radius 1 is 1.47 bits per heavy atom. The van der Waals surface area contributed by atoms with Crippen molar-refractivity contribution in [1.82, 2.24) is 0 Å². The van der Waals surface area contributed by atoms with Crippen LogP contribution in [-0.4, -0.2) is 26.2 Å². The van der Waals surface area contributed by atoms with Gasteiger partial charge in [-0.3, -0.25) is 4.79 Å². The van der Waals surface area contributed by atoms with E-state index < -0.39 is 6.04 Å². The third-order valence-corrected chi connectivity index (χ3v) is 2.61. The number of carbonyl (C=O) groups is 1. The molecule has 0 aromatic heterocycles. The molecule has 0 radical (unpaired) electrons. The first-order valence-electron chi connectivity index (χ1n) is 4.90. The number of amides is 1. The molecule has 1 aromatic carbocycles. The predicted molar refractivity (Wildman–Crippen MR) is 57.6 cm³/mol. The summed E-state index contributed by atoms with van der Waals surface area (Å²) < 4.78 is 4.97. The fraction of sp³-hybridized carbons (Fsp3) is 0.364. The van der Waals surface area contributed by atoms with Gasteiger partial charge >= 0.3 is 0 Å². The molecule has 1 heterocycles. The van der Waals surface area contributed by atoms with Crippen LogP contribution in [0.15, 0.2) is 24.3 Å². The van der Waals surface area contributed by atoms with Crippen molar-refractivity contribution in [1.29, 1.82) is 0 Å². The molecule has 0 bridgehead atoms. The summed E-state index contributed by atoms with van der Waals surface area (Å²) in [5.74, 6) is -0.0479. The van der Waals surface area contributed by atoms with Crippen LogP contribution in [0.5, 0.6) is 0 Å². The summed E-state index contributed by atoms with van der Waals surface area (Å²) in [6.07, 6.45) is 0. The molecule has 15 heavy (non-hydrogen) atoms. The lowest BCUT2D eigenvalue weighted by Gasteiger charge is -2.16. The number of rotatable bonds is 3. The summed E-state index contributed by atoms with van der Waals surface area (Å²) in [4.78, 5) is 13.5. The minimum absolute atomic E-state index is 0.0479. The maximum absolute atomic E-state index is 11.8. The molecule has 2 rings (SSSR count). The van der Waals surface area contributed by atoms with Gasteiger partial charge < -0.3 is 15.4 Å². The van der Waals surface area contributed by atoms with E-state index in [1.54, 1.807) is 12.0 Å². The van der Waals surface area contributed by atoms with Gasteiger partial charge in [0.1, 0.15) is 6.04 Å². The number of ether oxygens (including phenoxy) is 1. The first-order chi connectivity index (χ1) is 7.25. The average Bonchev–Trinajstić information content (AvgIpc) is 2.51. The van der Waals surface area contributed by atoms with E-state index in [4.69, 9.17) is 10.5 Å². The molecule has 1 aromatic rings. The highest BCUT2D eigenvalue weighted by Gasteiger charge is 2.33. The zero-order valence-corrected chi connectivity index (χ0v) is 8.64. The third kappa shape index (κ3) is 1.62. The fourth-order valence-electron chi connectivity index (χ4n) is 1.83. The van der Waals surface area contributed by atoms with Crippen LogP contribution in [0.4, 0.5) is 5.69 Å². The van der Waals surface area contributed by atoms with E-state index in [1.807, 2.05) is 24.3 Å². The number of hydrogen-bond donors (Lipinski definition) is 1. The number of anilines is 1. The van der Waals surface area contributed by atoms with Crippen LogP contribution in [0.25, 0.3) is 0 Å². The van der Waals surface area contributed by atoms with Crippen LogP contribution in [0.2, 0.25) is 0 Å². The Hall–Kier alpha value is -1.39. The molecule has 0 fully saturated rings. The topological polar surface area (TPSA) is 55.6 Å². The molecule has 4 nitrogen and oxygen atoms in total. The monoisotopic (exact) mass is 206 g/mol. The first kappa shape index (κ1) is 10.1. The minimum Gasteiger partial charge on any atom is -0.383 e. The van der Waals surface area contributed by atoms with Crippen molar-refractivity contribution in [2.45, 2.75) is 6.04 Å². The standard InChI is InChI=1S/C11H14N2O2/c1-15-7-6-13-9-5-3-2-4-8(9)10(12)11(13)14/h2-5,10H,6-7,12H2,1H3. The van der Waals surface area contributed by atoms with Gasteiger partial charge in [-0.25, -0.2) is 0 Å². The Bertz CT molecular complexity index is 379. The van der Waals surface area contributed by atoms with E-state index in [1.165, 1.54) is 0 Å². The Labute approximate surface area is 88.6 Å². The van der Waals surface area contributed by atoms with Crippen LogP contribution >= 0.6 is 0 Å². The summed E-state index contributed by atoms with van der Waals surface area (Å²) >= 11 is 0. The van der Waals surface area contributed by atoms with Gasteiger partial charge in [0.2, 0.25) is 5.91 Å². The summed E-state index contributed by atoms with van der Waals surface area (Å²) in [5.41, 5.74) is 7.63. The number of carbonyl (C=O) groups excluding carboxylic acids is 1. The number of benzene rings is 1. The predicted octanol–water partition coefficient (Wildman–Crippen LogP) is 0.679. The van der Waals surface area contributed by atoms with E-state index in [-0.39, 0.29) is 5.91 Å². The zero-order chi connectivity index (χ0) is 10.8. The average molecular weight is 206 g/mol. The minimum atomic E-state index is -0.516. The van der Waals surface area contributed by atoms with Crippen molar-refractivity contribution in [2.75, 3.05) is 25.2 Å². The van der Waals surface area contributed by atoms with Crippen LogP contribution in [0.1, 0.15) is 11.6 Å². The van der Waals surface area contributed by atoms with Crippen LogP contribution in [0.3, 0.4) is 0 Å². The first-order valence-corrected chi connectivity index (χ1v) is 4.90. The maximum Gasteiger partial charge on any atom is 0.248 e. The molecular weight excluding hydrogens is 192 g/mol. The normalized spacial score (nSPS) is 19.5. The van der Waals surface area contributed by atoms with Gasteiger partial charge in [0.25, 0.3) is 0 Å². The molecule has 1 aliphatic rings.